The molecule has 1 N–H and O–H groups in total. The molecule has 2 aromatic rings. The number of nitrogens with zero attached hydrogens (tertiary/aromatic N) is 2. The van der Waals surface area contributed by atoms with Crippen LogP contribution in [0, 0.1) is 0 Å². The molecule has 0 aromatic carbocycles. The fourth-order valence-corrected chi connectivity index (χ4v) is 1.76. The average molecular weight is 268 g/mol. The zero-order valence-electron chi connectivity index (χ0n) is 10.2. The van der Waals surface area contributed by atoms with E-state index in [1.165, 1.54) is 0 Å². The topological polar surface area (TPSA) is 60.2 Å². The quantitative estimate of drug-likeness (QED) is 0.844. The van der Waals surface area contributed by atoms with Gasteiger partial charge < -0.3 is 14.5 Å². The maximum Gasteiger partial charge on any atom is 0.158 e. The van der Waals surface area contributed by atoms with Gasteiger partial charge in [0.1, 0.15) is 23.3 Å². The Morgan fingerprint density at radius 2 is 2.33 bits per heavy atom. The second-order valence-corrected chi connectivity index (χ2v) is 4.19. The summed E-state index contributed by atoms with van der Waals surface area (Å²) >= 11 is 5.92. The first-order valence-electron chi connectivity index (χ1n) is 5.51. The molecule has 18 heavy (non-hydrogen) atoms. The molecule has 0 fully saturated rings. The highest BCUT2D eigenvalue weighted by molar-refractivity contribution is 6.29. The molecule has 0 radical (unpaired) electrons. The first-order chi connectivity index (χ1) is 8.69. The number of methoxy groups -OCH3 is 1. The van der Waals surface area contributed by atoms with Crippen LogP contribution in [0.5, 0.6) is 0 Å². The van der Waals surface area contributed by atoms with Crippen LogP contribution < -0.4 is 5.32 Å². The van der Waals surface area contributed by atoms with Crippen LogP contribution in [0.15, 0.2) is 28.9 Å². The normalized spacial score (nSPS) is 12.4. The molecule has 6 heteroatoms. The first-order valence-corrected chi connectivity index (χ1v) is 5.89. The number of furan rings is 1. The van der Waals surface area contributed by atoms with Gasteiger partial charge in [0, 0.05) is 13.2 Å². The number of anilines is 1. The van der Waals surface area contributed by atoms with E-state index >= 15 is 0 Å². The Labute approximate surface area is 110 Å². The second-order valence-electron chi connectivity index (χ2n) is 3.81. The van der Waals surface area contributed by atoms with Crippen molar-refractivity contribution in [1.29, 1.82) is 0 Å². The maximum atomic E-state index is 5.92. The lowest BCUT2D eigenvalue weighted by molar-refractivity contribution is 0.178. The summed E-state index contributed by atoms with van der Waals surface area (Å²) in [5, 5.41) is 3.58. The SMILES string of the molecule is COCc1nc(Cl)cc(NC(C)c2ccco2)n1. The molecule has 2 rings (SSSR count). The van der Waals surface area contributed by atoms with Crippen LogP contribution >= 0.6 is 11.6 Å². The predicted octanol–water partition coefficient (Wildman–Crippen LogP) is 3.04. The molecule has 0 aliphatic heterocycles. The molecule has 96 valence electrons. The summed E-state index contributed by atoms with van der Waals surface area (Å²) in [4.78, 5) is 8.36. The van der Waals surface area contributed by atoms with Crippen LogP contribution in [-0.4, -0.2) is 17.1 Å². The van der Waals surface area contributed by atoms with Crippen molar-refractivity contribution in [2.45, 2.75) is 19.6 Å². The highest BCUT2D eigenvalue weighted by Gasteiger charge is 2.10. The Morgan fingerprint density at radius 3 is 3.00 bits per heavy atom. The number of hydrogen-bond acceptors (Lipinski definition) is 5. The Hall–Kier alpha value is -1.59. The summed E-state index contributed by atoms with van der Waals surface area (Å²) in [6.45, 7) is 2.30. The molecule has 1 unspecified atom stereocenters. The molecule has 0 spiro atoms. The van der Waals surface area contributed by atoms with Crippen molar-refractivity contribution in [3.05, 3.63) is 41.2 Å². The Kier molecular flexibility index (Phi) is 4.17. The van der Waals surface area contributed by atoms with E-state index in [2.05, 4.69) is 15.3 Å². The van der Waals surface area contributed by atoms with E-state index in [0.717, 1.165) is 5.76 Å². The van der Waals surface area contributed by atoms with Crippen LogP contribution in [0.1, 0.15) is 24.6 Å². The molecule has 5 nitrogen and oxygen atoms in total. The summed E-state index contributed by atoms with van der Waals surface area (Å²) in [6, 6.07) is 5.41. The Morgan fingerprint density at radius 1 is 1.50 bits per heavy atom. The third kappa shape index (κ3) is 3.21. The van der Waals surface area contributed by atoms with Gasteiger partial charge in [0.15, 0.2) is 5.82 Å². The highest BCUT2D eigenvalue weighted by atomic mass is 35.5. The maximum absolute atomic E-state index is 5.92. The van der Waals surface area contributed by atoms with Crippen LogP contribution in [0.3, 0.4) is 0 Å². The van der Waals surface area contributed by atoms with E-state index < -0.39 is 0 Å². The minimum Gasteiger partial charge on any atom is -0.467 e. The third-order valence-electron chi connectivity index (χ3n) is 2.35. The molecule has 2 aromatic heterocycles. The van der Waals surface area contributed by atoms with Crippen LogP contribution in [0.25, 0.3) is 0 Å². The van der Waals surface area contributed by atoms with Crippen molar-refractivity contribution < 1.29 is 9.15 Å². The third-order valence-corrected chi connectivity index (χ3v) is 2.54. The van der Waals surface area contributed by atoms with Crippen LogP contribution in [0.4, 0.5) is 5.82 Å². The Balaban J connectivity index is 2.13. The zero-order chi connectivity index (χ0) is 13.0. The first kappa shape index (κ1) is 12.9. The van der Waals surface area contributed by atoms with Crippen LogP contribution in [-0.2, 0) is 11.3 Å². The zero-order valence-corrected chi connectivity index (χ0v) is 10.9. The number of halogens is 1. The standard InChI is InChI=1S/C12H14ClN3O2/c1-8(9-4-3-5-18-9)14-11-6-10(13)15-12(16-11)7-17-2/h3-6,8H,7H2,1-2H3,(H,14,15,16). The number of hydrogen-bond donors (Lipinski definition) is 1. The van der Waals surface area contributed by atoms with E-state index in [4.69, 9.17) is 20.8 Å². The van der Waals surface area contributed by atoms with Gasteiger partial charge in [-0.25, -0.2) is 9.97 Å². The summed E-state index contributed by atoms with van der Waals surface area (Å²) in [6.07, 6.45) is 1.64. The molecule has 2 heterocycles. The lowest BCUT2D eigenvalue weighted by Gasteiger charge is -2.12. The summed E-state index contributed by atoms with van der Waals surface area (Å²) in [5.74, 6) is 2.02. The molecule has 0 aliphatic carbocycles. The Bertz CT molecular complexity index is 502. The van der Waals surface area contributed by atoms with Gasteiger partial charge in [-0.1, -0.05) is 11.6 Å². The molecule has 0 aliphatic rings. The van der Waals surface area contributed by atoms with Gasteiger partial charge in [0.2, 0.25) is 0 Å². The monoisotopic (exact) mass is 267 g/mol. The average Bonchev–Trinajstić information content (AvgIpc) is 2.81. The van der Waals surface area contributed by atoms with Gasteiger partial charge in [0.25, 0.3) is 0 Å². The molecule has 0 saturated heterocycles. The smallest absolute Gasteiger partial charge is 0.158 e. The summed E-state index contributed by atoms with van der Waals surface area (Å²) < 4.78 is 10.3. The van der Waals surface area contributed by atoms with Gasteiger partial charge >= 0.3 is 0 Å². The number of nitrogens with one attached hydrogen (secondary N) is 1. The van der Waals surface area contributed by atoms with Crippen molar-refractivity contribution >= 4 is 17.4 Å². The van der Waals surface area contributed by atoms with Crippen molar-refractivity contribution in [3.8, 4) is 0 Å². The number of rotatable bonds is 5. The molecule has 1 atom stereocenters. The van der Waals surface area contributed by atoms with Gasteiger partial charge in [-0.15, -0.1) is 0 Å². The van der Waals surface area contributed by atoms with Crippen molar-refractivity contribution in [2.75, 3.05) is 12.4 Å². The lowest BCUT2D eigenvalue weighted by atomic mass is 10.2. The lowest BCUT2D eigenvalue weighted by Crippen LogP contribution is -2.09. The van der Waals surface area contributed by atoms with E-state index in [1.807, 2.05) is 19.1 Å². The van der Waals surface area contributed by atoms with Gasteiger partial charge in [0.05, 0.1) is 12.3 Å². The second kappa shape index (κ2) is 5.84. The minimum absolute atomic E-state index is 0.00126. The molecular weight excluding hydrogens is 254 g/mol. The molecular formula is C12H14ClN3O2. The van der Waals surface area contributed by atoms with Gasteiger partial charge in [-0.2, -0.15) is 0 Å². The van der Waals surface area contributed by atoms with Crippen molar-refractivity contribution in [1.82, 2.24) is 9.97 Å². The summed E-state index contributed by atoms with van der Waals surface area (Å²) in [5.41, 5.74) is 0. The largest absolute Gasteiger partial charge is 0.467 e. The fraction of sp³-hybridized carbons (Fsp3) is 0.333. The highest BCUT2D eigenvalue weighted by Crippen LogP contribution is 2.20. The van der Waals surface area contributed by atoms with Gasteiger partial charge in [-0.05, 0) is 19.1 Å². The van der Waals surface area contributed by atoms with E-state index in [-0.39, 0.29) is 6.04 Å². The van der Waals surface area contributed by atoms with Gasteiger partial charge in [-0.3, -0.25) is 0 Å². The molecule has 0 amide bonds. The number of aromatic nitrogens is 2. The molecule has 0 saturated carbocycles. The summed E-state index contributed by atoms with van der Waals surface area (Å²) in [7, 11) is 1.59. The van der Waals surface area contributed by atoms with Crippen LogP contribution in [0.2, 0.25) is 5.15 Å². The fourth-order valence-electron chi connectivity index (χ4n) is 1.56. The van der Waals surface area contributed by atoms with E-state index in [9.17, 15) is 0 Å². The van der Waals surface area contributed by atoms with Crippen molar-refractivity contribution in [3.63, 3.8) is 0 Å². The van der Waals surface area contributed by atoms with E-state index in [1.54, 1.807) is 19.4 Å². The van der Waals surface area contributed by atoms with Crippen molar-refractivity contribution in [2.24, 2.45) is 0 Å². The number of ether oxygens (including phenoxy) is 1. The minimum atomic E-state index is 0.00126. The molecule has 0 bridgehead atoms. The van der Waals surface area contributed by atoms with E-state index in [0.29, 0.717) is 23.4 Å². The predicted molar refractivity (Wildman–Crippen MR) is 68.5 cm³/mol.